The number of nitro benzene ring substituents is 1. The second kappa shape index (κ2) is 5.35. The lowest BCUT2D eigenvalue weighted by molar-refractivity contribution is -0.387. The van der Waals surface area contributed by atoms with E-state index in [-0.39, 0.29) is 29.8 Å². The Morgan fingerprint density at radius 2 is 2.20 bits per heavy atom. The molecule has 0 radical (unpaired) electrons. The van der Waals surface area contributed by atoms with E-state index in [4.69, 9.17) is 10.5 Å². The van der Waals surface area contributed by atoms with E-state index in [0.29, 0.717) is 6.42 Å². The van der Waals surface area contributed by atoms with Gasteiger partial charge in [-0.05, 0) is 18.6 Å². The minimum absolute atomic E-state index is 0.172. The molecule has 1 saturated heterocycles. The van der Waals surface area contributed by atoms with Crippen LogP contribution >= 0.6 is 0 Å². The first-order chi connectivity index (χ1) is 9.36. The van der Waals surface area contributed by atoms with Crippen LogP contribution in [0, 0.1) is 10.1 Å². The van der Waals surface area contributed by atoms with Crippen LogP contribution in [0.4, 0.5) is 5.69 Å². The van der Waals surface area contributed by atoms with E-state index < -0.39 is 20.6 Å². The van der Waals surface area contributed by atoms with Crippen molar-refractivity contribution in [2.45, 2.75) is 17.4 Å². The van der Waals surface area contributed by atoms with Crippen LogP contribution in [0.5, 0.6) is 5.75 Å². The summed E-state index contributed by atoms with van der Waals surface area (Å²) in [6.07, 6.45) is 0.545. The average Bonchev–Trinajstić information content (AvgIpc) is 2.85. The molecule has 1 fully saturated rings. The van der Waals surface area contributed by atoms with Gasteiger partial charge in [-0.2, -0.15) is 4.31 Å². The predicted octanol–water partition coefficient (Wildman–Crippen LogP) is 0.325. The van der Waals surface area contributed by atoms with Crippen molar-refractivity contribution in [2.75, 3.05) is 20.2 Å². The molecule has 0 unspecified atom stereocenters. The van der Waals surface area contributed by atoms with Crippen LogP contribution in [0.15, 0.2) is 23.1 Å². The van der Waals surface area contributed by atoms with Crippen LogP contribution in [-0.2, 0) is 10.0 Å². The van der Waals surface area contributed by atoms with E-state index in [1.807, 2.05) is 0 Å². The molecule has 0 aliphatic carbocycles. The molecule has 0 bridgehead atoms. The Balaban J connectivity index is 2.48. The lowest BCUT2D eigenvalue weighted by Crippen LogP contribution is -2.32. The molecule has 1 heterocycles. The summed E-state index contributed by atoms with van der Waals surface area (Å²) >= 11 is 0. The predicted molar refractivity (Wildman–Crippen MR) is 71.0 cm³/mol. The third-order valence-electron chi connectivity index (χ3n) is 3.17. The summed E-state index contributed by atoms with van der Waals surface area (Å²) in [6.45, 7) is 0.443. The third-order valence-corrected chi connectivity index (χ3v) is 5.08. The van der Waals surface area contributed by atoms with Gasteiger partial charge >= 0.3 is 0 Å². The molecule has 9 heteroatoms. The number of benzene rings is 1. The van der Waals surface area contributed by atoms with E-state index in [0.717, 1.165) is 6.07 Å². The molecule has 1 aliphatic rings. The Morgan fingerprint density at radius 1 is 1.50 bits per heavy atom. The maximum absolute atomic E-state index is 12.4. The van der Waals surface area contributed by atoms with Gasteiger partial charge < -0.3 is 10.5 Å². The summed E-state index contributed by atoms with van der Waals surface area (Å²) in [7, 11) is -2.56. The third kappa shape index (κ3) is 2.60. The van der Waals surface area contributed by atoms with Crippen LogP contribution in [-0.4, -0.2) is 43.9 Å². The van der Waals surface area contributed by atoms with Crippen molar-refractivity contribution < 1.29 is 18.1 Å². The van der Waals surface area contributed by atoms with Gasteiger partial charge in [0.05, 0.1) is 18.1 Å². The number of nitrogens with two attached hydrogens (primary N) is 1. The van der Waals surface area contributed by atoms with Crippen molar-refractivity contribution >= 4 is 15.7 Å². The highest BCUT2D eigenvalue weighted by molar-refractivity contribution is 7.89. The zero-order valence-electron chi connectivity index (χ0n) is 10.9. The maximum atomic E-state index is 12.4. The second-order valence-electron chi connectivity index (χ2n) is 4.50. The van der Waals surface area contributed by atoms with Crippen molar-refractivity contribution in [1.82, 2.24) is 4.31 Å². The van der Waals surface area contributed by atoms with E-state index >= 15 is 0 Å². The largest absolute Gasteiger partial charge is 0.497 e. The van der Waals surface area contributed by atoms with Crippen LogP contribution in [0.3, 0.4) is 0 Å². The van der Waals surface area contributed by atoms with Crippen molar-refractivity contribution in [3.63, 3.8) is 0 Å². The van der Waals surface area contributed by atoms with Crippen molar-refractivity contribution in [1.29, 1.82) is 0 Å². The fraction of sp³-hybridized carbons (Fsp3) is 0.455. The molecule has 110 valence electrons. The van der Waals surface area contributed by atoms with E-state index in [9.17, 15) is 18.5 Å². The number of ether oxygens (including phenoxy) is 1. The minimum atomic E-state index is -3.92. The Hall–Kier alpha value is -1.71. The highest BCUT2D eigenvalue weighted by Crippen LogP contribution is 2.31. The highest BCUT2D eigenvalue weighted by atomic mass is 32.2. The molecule has 1 aromatic carbocycles. The molecule has 0 saturated carbocycles. The van der Waals surface area contributed by atoms with E-state index in [1.54, 1.807) is 0 Å². The number of methoxy groups -OCH3 is 1. The van der Waals surface area contributed by atoms with Crippen LogP contribution in [0.2, 0.25) is 0 Å². The monoisotopic (exact) mass is 301 g/mol. The van der Waals surface area contributed by atoms with Gasteiger partial charge in [-0.1, -0.05) is 0 Å². The molecule has 8 nitrogen and oxygen atoms in total. The Bertz CT molecular complexity index is 631. The molecule has 2 rings (SSSR count). The van der Waals surface area contributed by atoms with Crippen molar-refractivity contribution in [2.24, 2.45) is 5.73 Å². The summed E-state index contributed by atoms with van der Waals surface area (Å²) in [6, 6.07) is 3.44. The van der Waals surface area contributed by atoms with Gasteiger partial charge in [0.25, 0.3) is 5.69 Å². The molecular weight excluding hydrogens is 286 g/mol. The summed E-state index contributed by atoms with van der Waals surface area (Å²) < 4.78 is 30.9. The molecule has 0 aromatic heterocycles. The quantitative estimate of drug-likeness (QED) is 0.632. The summed E-state index contributed by atoms with van der Waals surface area (Å²) in [5, 5.41) is 11.1. The Morgan fingerprint density at radius 3 is 2.70 bits per heavy atom. The molecule has 1 aliphatic heterocycles. The zero-order valence-corrected chi connectivity index (χ0v) is 11.7. The molecule has 2 N–H and O–H groups in total. The first kappa shape index (κ1) is 14.7. The Kier molecular flexibility index (Phi) is 3.93. The lowest BCUT2D eigenvalue weighted by Gasteiger charge is -2.16. The zero-order chi connectivity index (χ0) is 14.9. The van der Waals surface area contributed by atoms with Gasteiger partial charge in [0.15, 0.2) is 4.90 Å². The average molecular weight is 301 g/mol. The molecule has 0 spiro atoms. The van der Waals surface area contributed by atoms with Crippen LogP contribution in [0.1, 0.15) is 6.42 Å². The van der Waals surface area contributed by atoms with Gasteiger partial charge in [-0.25, -0.2) is 8.42 Å². The molecule has 1 atom stereocenters. The number of sulfonamides is 1. The normalized spacial score (nSPS) is 20.0. The number of hydrogen-bond donors (Lipinski definition) is 1. The van der Waals surface area contributed by atoms with Gasteiger partial charge in [-0.3, -0.25) is 10.1 Å². The lowest BCUT2D eigenvalue weighted by atomic mass is 10.3. The van der Waals surface area contributed by atoms with Crippen LogP contribution < -0.4 is 10.5 Å². The number of rotatable bonds is 4. The fourth-order valence-electron chi connectivity index (χ4n) is 2.10. The van der Waals surface area contributed by atoms with E-state index in [2.05, 4.69) is 0 Å². The van der Waals surface area contributed by atoms with Crippen molar-refractivity contribution in [3.05, 3.63) is 28.3 Å². The van der Waals surface area contributed by atoms with E-state index in [1.165, 1.54) is 23.5 Å². The molecule has 1 aromatic rings. The van der Waals surface area contributed by atoms with Gasteiger partial charge in [-0.15, -0.1) is 0 Å². The first-order valence-corrected chi connectivity index (χ1v) is 7.38. The van der Waals surface area contributed by atoms with Crippen LogP contribution in [0.25, 0.3) is 0 Å². The molecule has 20 heavy (non-hydrogen) atoms. The first-order valence-electron chi connectivity index (χ1n) is 5.94. The topological polar surface area (TPSA) is 116 Å². The summed E-state index contributed by atoms with van der Waals surface area (Å²) in [4.78, 5) is 9.99. The maximum Gasteiger partial charge on any atom is 0.293 e. The SMILES string of the molecule is COc1ccc(S(=O)(=O)N2CC[C@H](N)C2)c([N+](=O)[O-])c1. The standard InChI is InChI=1S/C11H15N3O5S/c1-19-9-2-3-11(10(6-9)14(15)16)20(17,18)13-5-4-8(12)7-13/h2-3,6,8H,4-5,7,12H2,1H3/t8-/m0/s1. The molecular formula is C11H15N3O5S. The fourth-order valence-corrected chi connectivity index (χ4v) is 3.75. The van der Waals surface area contributed by atoms with Gasteiger partial charge in [0.2, 0.25) is 10.0 Å². The number of hydrogen-bond acceptors (Lipinski definition) is 6. The summed E-state index contributed by atoms with van der Waals surface area (Å²) in [5.41, 5.74) is 5.19. The molecule has 0 amide bonds. The van der Waals surface area contributed by atoms with Crippen molar-refractivity contribution in [3.8, 4) is 5.75 Å². The minimum Gasteiger partial charge on any atom is -0.497 e. The van der Waals surface area contributed by atoms with Gasteiger partial charge in [0.1, 0.15) is 5.75 Å². The number of nitrogens with zero attached hydrogens (tertiary/aromatic N) is 2. The highest BCUT2D eigenvalue weighted by Gasteiger charge is 2.35. The Labute approximate surface area is 116 Å². The smallest absolute Gasteiger partial charge is 0.293 e. The van der Waals surface area contributed by atoms with Gasteiger partial charge in [0, 0.05) is 19.1 Å². The number of nitro groups is 1. The second-order valence-corrected chi connectivity index (χ2v) is 6.41. The summed E-state index contributed by atoms with van der Waals surface area (Å²) in [5.74, 6) is 0.230.